The molecule has 0 aliphatic rings. The van der Waals surface area contributed by atoms with E-state index in [0.29, 0.717) is 0 Å². The fraction of sp³-hybridized carbons (Fsp3) is 0.227. The summed E-state index contributed by atoms with van der Waals surface area (Å²) >= 11 is 0. The van der Waals surface area contributed by atoms with Crippen LogP contribution in [0.15, 0.2) is 48.5 Å². The number of nitrogens with zero attached hydrogens (tertiary/aromatic N) is 1. The van der Waals surface area contributed by atoms with Crippen molar-refractivity contribution in [2.45, 2.75) is 34.6 Å². The van der Waals surface area contributed by atoms with Crippen LogP contribution in [0.25, 0.3) is 22.4 Å². The number of hydrogen-bond donors (Lipinski definition) is 0. The van der Waals surface area contributed by atoms with Crippen LogP contribution in [0.5, 0.6) is 0 Å². The third-order valence-electron chi connectivity index (χ3n) is 4.66. The van der Waals surface area contributed by atoms with E-state index in [1.807, 2.05) is 0 Å². The van der Waals surface area contributed by atoms with E-state index < -0.39 is 0 Å². The lowest BCUT2D eigenvalue weighted by molar-refractivity contribution is 1.13. The lowest BCUT2D eigenvalue weighted by Crippen LogP contribution is -2.00. The summed E-state index contributed by atoms with van der Waals surface area (Å²) in [6.07, 6.45) is 0. The molecule has 1 heterocycles. The van der Waals surface area contributed by atoms with Crippen LogP contribution in [-0.2, 0) is 0 Å². The summed E-state index contributed by atoms with van der Waals surface area (Å²) in [5.41, 5.74) is 11.0. The normalized spacial score (nSPS) is 10.8. The van der Waals surface area contributed by atoms with E-state index in [4.69, 9.17) is 4.98 Å². The first kappa shape index (κ1) is 15.5. The zero-order valence-electron chi connectivity index (χ0n) is 14.6. The summed E-state index contributed by atoms with van der Waals surface area (Å²) in [5, 5.41) is 0. The summed E-state index contributed by atoms with van der Waals surface area (Å²) in [6, 6.07) is 17.4. The third-order valence-corrected chi connectivity index (χ3v) is 4.66. The van der Waals surface area contributed by atoms with Crippen LogP contribution in [0.2, 0.25) is 0 Å². The van der Waals surface area contributed by atoms with E-state index in [1.54, 1.807) is 0 Å². The van der Waals surface area contributed by atoms with Gasteiger partial charge < -0.3 is 0 Å². The number of benzene rings is 2. The van der Waals surface area contributed by atoms with Gasteiger partial charge >= 0.3 is 0 Å². The summed E-state index contributed by atoms with van der Waals surface area (Å²) in [4.78, 5) is 4.93. The average molecular weight is 301 g/mol. The molecule has 0 saturated heterocycles. The highest BCUT2D eigenvalue weighted by atomic mass is 14.7. The topological polar surface area (TPSA) is 12.9 Å². The van der Waals surface area contributed by atoms with Gasteiger partial charge in [-0.3, -0.25) is 4.98 Å². The fourth-order valence-corrected chi connectivity index (χ4v) is 2.94. The van der Waals surface area contributed by atoms with E-state index >= 15 is 0 Å². The molecule has 0 spiro atoms. The molecule has 0 aliphatic heterocycles. The van der Waals surface area contributed by atoms with Crippen LogP contribution in [0, 0.1) is 34.6 Å². The summed E-state index contributed by atoms with van der Waals surface area (Å²) in [7, 11) is 0. The maximum atomic E-state index is 4.93. The largest absolute Gasteiger partial charge is 0.252 e. The molecule has 0 radical (unpaired) electrons. The standard InChI is InChI=1S/C22H23N/c1-14-6-10-19(11-7-14)21-17(4)16(3)18(5)23-22(21)20-12-8-15(2)9-13-20/h6-13H,1-5H3. The molecule has 23 heavy (non-hydrogen) atoms. The van der Waals surface area contributed by atoms with Crippen molar-refractivity contribution >= 4 is 0 Å². The maximum Gasteiger partial charge on any atom is 0.0786 e. The van der Waals surface area contributed by atoms with Gasteiger partial charge in [-0.2, -0.15) is 0 Å². The van der Waals surface area contributed by atoms with E-state index in [1.165, 1.54) is 38.9 Å². The zero-order valence-corrected chi connectivity index (χ0v) is 14.6. The lowest BCUT2D eigenvalue weighted by Gasteiger charge is -2.17. The van der Waals surface area contributed by atoms with Crippen LogP contribution in [-0.4, -0.2) is 4.98 Å². The molecule has 0 unspecified atom stereocenters. The minimum absolute atomic E-state index is 1.08. The predicted molar refractivity (Wildman–Crippen MR) is 98.8 cm³/mol. The first-order chi connectivity index (χ1) is 11.0. The molecule has 0 atom stereocenters. The first-order valence-electron chi connectivity index (χ1n) is 8.09. The molecule has 0 saturated carbocycles. The van der Waals surface area contributed by atoms with Gasteiger partial charge in [0.15, 0.2) is 0 Å². The minimum atomic E-state index is 1.08. The van der Waals surface area contributed by atoms with Crippen molar-refractivity contribution in [2.24, 2.45) is 0 Å². The first-order valence-corrected chi connectivity index (χ1v) is 8.09. The number of rotatable bonds is 2. The Kier molecular flexibility index (Phi) is 4.04. The van der Waals surface area contributed by atoms with Gasteiger partial charge in [0.1, 0.15) is 0 Å². The smallest absolute Gasteiger partial charge is 0.0786 e. The maximum absolute atomic E-state index is 4.93. The highest BCUT2D eigenvalue weighted by Gasteiger charge is 2.15. The van der Waals surface area contributed by atoms with Crippen molar-refractivity contribution in [1.82, 2.24) is 4.98 Å². The molecule has 0 fully saturated rings. The van der Waals surface area contributed by atoms with Gasteiger partial charge in [-0.25, -0.2) is 0 Å². The second kappa shape index (κ2) is 6.00. The van der Waals surface area contributed by atoms with Crippen LogP contribution < -0.4 is 0 Å². The average Bonchev–Trinajstić information content (AvgIpc) is 2.54. The minimum Gasteiger partial charge on any atom is -0.252 e. The van der Waals surface area contributed by atoms with Crippen molar-refractivity contribution in [1.29, 1.82) is 0 Å². The Morgan fingerprint density at radius 2 is 1.04 bits per heavy atom. The van der Waals surface area contributed by atoms with E-state index in [9.17, 15) is 0 Å². The molecular weight excluding hydrogens is 278 g/mol. The molecule has 116 valence electrons. The van der Waals surface area contributed by atoms with Crippen molar-refractivity contribution in [3.63, 3.8) is 0 Å². The van der Waals surface area contributed by atoms with Gasteiger partial charge in [-0.15, -0.1) is 0 Å². The molecule has 1 heteroatoms. The van der Waals surface area contributed by atoms with Gasteiger partial charge in [0.05, 0.1) is 5.69 Å². The van der Waals surface area contributed by atoms with Crippen LogP contribution in [0.1, 0.15) is 27.9 Å². The second-order valence-electron chi connectivity index (χ2n) is 6.40. The number of aromatic nitrogens is 1. The zero-order chi connectivity index (χ0) is 16.6. The number of pyridine rings is 1. The van der Waals surface area contributed by atoms with E-state index in [2.05, 4.69) is 83.1 Å². The van der Waals surface area contributed by atoms with Crippen molar-refractivity contribution in [2.75, 3.05) is 0 Å². The second-order valence-corrected chi connectivity index (χ2v) is 6.40. The predicted octanol–water partition coefficient (Wildman–Crippen LogP) is 5.96. The quantitative estimate of drug-likeness (QED) is 0.569. The van der Waals surface area contributed by atoms with E-state index in [-0.39, 0.29) is 0 Å². The van der Waals surface area contributed by atoms with Crippen LogP contribution in [0.3, 0.4) is 0 Å². The molecular formula is C22H23N. The number of hydrogen-bond acceptors (Lipinski definition) is 1. The summed E-state index contributed by atoms with van der Waals surface area (Å²) in [5.74, 6) is 0. The molecule has 2 aromatic carbocycles. The van der Waals surface area contributed by atoms with Gasteiger partial charge in [0.2, 0.25) is 0 Å². The Balaban J connectivity index is 2.30. The Morgan fingerprint density at radius 1 is 0.565 bits per heavy atom. The molecule has 3 aromatic rings. The van der Waals surface area contributed by atoms with Crippen molar-refractivity contribution in [3.8, 4) is 22.4 Å². The van der Waals surface area contributed by atoms with Gasteiger partial charge in [0, 0.05) is 16.8 Å². The molecule has 3 rings (SSSR count). The summed E-state index contributed by atoms with van der Waals surface area (Å²) < 4.78 is 0. The summed E-state index contributed by atoms with van der Waals surface area (Å²) in [6.45, 7) is 10.7. The molecule has 0 N–H and O–H groups in total. The number of aryl methyl sites for hydroxylation is 3. The van der Waals surface area contributed by atoms with Gasteiger partial charge in [-0.05, 0) is 51.3 Å². The SMILES string of the molecule is Cc1ccc(-c2nc(C)c(C)c(C)c2-c2ccc(C)cc2)cc1. The Hall–Kier alpha value is -2.41. The van der Waals surface area contributed by atoms with Crippen molar-refractivity contribution in [3.05, 3.63) is 76.5 Å². The molecule has 1 aromatic heterocycles. The van der Waals surface area contributed by atoms with E-state index in [0.717, 1.165) is 11.4 Å². The Morgan fingerprint density at radius 3 is 1.57 bits per heavy atom. The van der Waals surface area contributed by atoms with Crippen LogP contribution in [0.4, 0.5) is 0 Å². The van der Waals surface area contributed by atoms with Crippen LogP contribution >= 0.6 is 0 Å². The lowest BCUT2D eigenvalue weighted by atomic mass is 9.91. The fourth-order valence-electron chi connectivity index (χ4n) is 2.94. The molecule has 0 amide bonds. The Bertz CT molecular complexity index is 841. The highest BCUT2D eigenvalue weighted by Crippen LogP contribution is 2.35. The molecule has 0 bridgehead atoms. The van der Waals surface area contributed by atoms with Gasteiger partial charge in [-0.1, -0.05) is 59.7 Å². The molecule has 0 aliphatic carbocycles. The molecule has 1 nitrogen and oxygen atoms in total. The third kappa shape index (κ3) is 2.92. The monoisotopic (exact) mass is 301 g/mol. The van der Waals surface area contributed by atoms with Gasteiger partial charge in [0.25, 0.3) is 0 Å². The Labute approximate surface area is 139 Å². The highest BCUT2D eigenvalue weighted by molar-refractivity contribution is 5.84. The van der Waals surface area contributed by atoms with Crippen molar-refractivity contribution < 1.29 is 0 Å².